The van der Waals surface area contributed by atoms with E-state index in [1.54, 1.807) is 10.7 Å². The summed E-state index contributed by atoms with van der Waals surface area (Å²) in [5.41, 5.74) is 7.26. The summed E-state index contributed by atoms with van der Waals surface area (Å²) in [6, 6.07) is 5.37. The van der Waals surface area contributed by atoms with Crippen LogP contribution in [0, 0.1) is 0 Å². The van der Waals surface area contributed by atoms with Gasteiger partial charge in [-0.15, -0.1) is 5.10 Å². The van der Waals surface area contributed by atoms with Crippen LogP contribution in [-0.4, -0.2) is 20.2 Å². The second-order valence-electron chi connectivity index (χ2n) is 4.56. The molecule has 1 aromatic heterocycles. The monoisotopic (exact) mass is 279 g/mol. The molecule has 0 atom stereocenters. The highest BCUT2D eigenvalue weighted by atomic mass is 35.5. The number of rotatable bonds is 6. The number of nitrogens with two attached hydrogens (primary N) is 1. The Morgan fingerprint density at radius 3 is 2.79 bits per heavy atom. The van der Waals surface area contributed by atoms with Crippen LogP contribution in [-0.2, 0) is 6.54 Å². The highest BCUT2D eigenvalue weighted by Gasteiger charge is 2.10. The van der Waals surface area contributed by atoms with Crippen LogP contribution in [0.5, 0.6) is 0 Å². The van der Waals surface area contributed by atoms with E-state index in [1.807, 2.05) is 12.1 Å². The molecule has 0 radical (unpaired) electrons. The van der Waals surface area contributed by atoms with Crippen LogP contribution in [0.2, 0.25) is 5.02 Å². The molecule has 2 aromatic rings. The number of hydrogen-bond acceptors (Lipinski definition) is 4. The number of aryl methyl sites for hydroxylation is 1. The van der Waals surface area contributed by atoms with Crippen molar-refractivity contribution >= 4 is 17.3 Å². The van der Waals surface area contributed by atoms with Crippen molar-refractivity contribution in [2.45, 2.75) is 39.2 Å². The van der Waals surface area contributed by atoms with Gasteiger partial charge in [0.2, 0.25) is 0 Å². The zero-order valence-corrected chi connectivity index (χ0v) is 11.8. The molecule has 1 heterocycles. The average Bonchev–Trinajstić information content (AvgIpc) is 2.82. The van der Waals surface area contributed by atoms with E-state index in [0.29, 0.717) is 16.5 Å². The smallest absolute Gasteiger partial charge is 0.182 e. The molecule has 6 heteroatoms. The molecule has 0 aliphatic carbocycles. The first-order chi connectivity index (χ1) is 9.20. The molecule has 0 saturated heterocycles. The SMILES string of the molecule is CCCCCCn1nnnc1-c1cc(N)cc(Cl)c1. The Kier molecular flexibility index (Phi) is 4.74. The Bertz CT molecular complexity index is 517. The number of unbranched alkanes of at least 4 members (excludes halogenated alkanes) is 3. The zero-order chi connectivity index (χ0) is 13.7. The fourth-order valence-corrected chi connectivity index (χ4v) is 2.24. The van der Waals surface area contributed by atoms with Gasteiger partial charge in [0.15, 0.2) is 5.82 Å². The Balaban J connectivity index is 2.14. The predicted molar refractivity (Wildman–Crippen MR) is 76.8 cm³/mol. The molecular weight excluding hydrogens is 262 g/mol. The number of nitrogens with zero attached hydrogens (tertiary/aromatic N) is 4. The minimum absolute atomic E-state index is 0.593. The molecule has 2 N–H and O–H groups in total. The van der Waals surface area contributed by atoms with E-state index in [1.165, 1.54) is 19.3 Å². The third-order valence-corrected chi connectivity index (χ3v) is 3.15. The number of anilines is 1. The highest BCUT2D eigenvalue weighted by Crippen LogP contribution is 2.24. The van der Waals surface area contributed by atoms with Crippen molar-refractivity contribution in [1.29, 1.82) is 0 Å². The second-order valence-corrected chi connectivity index (χ2v) is 5.00. The maximum absolute atomic E-state index is 6.01. The Labute approximate surface area is 117 Å². The van der Waals surface area contributed by atoms with Gasteiger partial charge in [-0.2, -0.15) is 0 Å². The van der Waals surface area contributed by atoms with Crippen LogP contribution in [0.15, 0.2) is 18.2 Å². The van der Waals surface area contributed by atoms with E-state index >= 15 is 0 Å². The minimum Gasteiger partial charge on any atom is -0.399 e. The predicted octanol–water partition coefficient (Wildman–Crippen LogP) is 3.16. The van der Waals surface area contributed by atoms with Crippen LogP contribution in [0.25, 0.3) is 11.4 Å². The van der Waals surface area contributed by atoms with Gasteiger partial charge in [-0.25, -0.2) is 4.68 Å². The molecule has 1 aromatic carbocycles. The van der Waals surface area contributed by atoms with Crippen LogP contribution in [0.4, 0.5) is 5.69 Å². The van der Waals surface area contributed by atoms with Crippen molar-refractivity contribution in [3.05, 3.63) is 23.2 Å². The lowest BCUT2D eigenvalue weighted by Gasteiger charge is -2.05. The molecule has 0 spiro atoms. The average molecular weight is 280 g/mol. The summed E-state index contributed by atoms with van der Waals surface area (Å²) in [5.74, 6) is 0.714. The third-order valence-electron chi connectivity index (χ3n) is 2.93. The number of nitrogen functional groups attached to an aromatic ring is 1. The van der Waals surface area contributed by atoms with Crippen molar-refractivity contribution in [2.24, 2.45) is 0 Å². The number of hydrogen-bond donors (Lipinski definition) is 1. The minimum atomic E-state index is 0.593. The molecule has 102 valence electrons. The number of tetrazole rings is 1. The first-order valence-corrected chi connectivity index (χ1v) is 6.91. The zero-order valence-electron chi connectivity index (χ0n) is 11.0. The van der Waals surface area contributed by atoms with Crippen LogP contribution >= 0.6 is 11.6 Å². The summed E-state index contributed by atoms with van der Waals surface area (Å²) in [7, 11) is 0. The molecule has 19 heavy (non-hydrogen) atoms. The fraction of sp³-hybridized carbons (Fsp3) is 0.462. The number of aromatic nitrogens is 4. The maximum atomic E-state index is 6.01. The van der Waals surface area contributed by atoms with E-state index in [0.717, 1.165) is 18.5 Å². The van der Waals surface area contributed by atoms with Crippen LogP contribution in [0.1, 0.15) is 32.6 Å². The van der Waals surface area contributed by atoms with Crippen molar-refractivity contribution in [3.63, 3.8) is 0 Å². The van der Waals surface area contributed by atoms with E-state index in [4.69, 9.17) is 17.3 Å². The molecule has 0 fully saturated rings. The third kappa shape index (κ3) is 3.67. The lowest BCUT2D eigenvalue weighted by atomic mass is 10.2. The lowest BCUT2D eigenvalue weighted by Crippen LogP contribution is -2.03. The first kappa shape index (κ1) is 13.8. The Morgan fingerprint density at radius 1 is 1.21 bits per heavy atom. The van der Waals surface area contributed by atoms with Crippen LogP contribution in [0.3, 0.4) is 0 Å². The fourth-order valence-electron chi connectivity index (χ4n) is 1.99. The largest absolute Gasteiger partial charge is 0.399 e. The van der Waals surface area contributed by atoms with Gasteiger partial charge in [0, 0.05) is 22.8 Å². The molecule has 0 aliphatic heterocycles. The molecule has 0 bridgehead atoms. The number of benzene rings is 1. The molecule has 0 unspecified atom stereocenters. The van der Waals surface area contributed by atoms with Gasteiger partial charge in [-0.3, -0.25) is 0 Å². The lowest BCUT2D eigenvalue weighted by molar-refractivity contribution is 0.531. The van der Waals surface area contributed by atoms with Gasteiger partial charge in [0.25, 0.3) is 0 Å². The summed E-state index contributed by atoms with van der Waals surface area (Å²) in [5, 5.41) is 12.4. The quantitative estimate of drug-likeness (QED) is 0.651. The van der Waals surface area contributed by atoms with Crippen LogP contribution < -0.4 is 5.73 Å². The van der Waals surface area contributed by atoms with E-state index in [-0.39, 0.29) is 0 Å². The summed E-state index contributed by atoms with van der Waals surface area (Å²) in [6.45, 7) is 3.01. The summed E-state index contributed by atoms with van der Waals surface area (Å²) >= 11 is 6.01. The molecule has 0 saturated carbocycles. The summed E-state index contributed by atoms with van der Waals surface area (Å²) in [4.78, 5) is 0. The van der Waals surface area contributed by atoms with Gasteiger partial charge in [-0.05, 0) is 35.0 Å². The molecule has 0 aliphatic rings. The molecule has 2 rings (SSSR count). The topological polar surface area (TPSA) is 69.6 Å². The second kappa shape index (κ2) is 6.52. The Hall–Kier alpha value is -1.62. The highest BCUT2D eigenvalue weighted by molar-refractivity contribution is 6.31. The first-order valence-electron chi connectivity index (χ1n) is 6.53. The molecule has 0 amide bonds. The van der Waals surface area contributed by atoms with Gasteiger partial charge < -0.3 is 5.73 Å². The van der Waals surface area contributed by atoms with Gasteiger partial charge >= 0.3 is 0 Å². The Morgan fingerprint density at radius 2 is 2.05 bits per heavy atom. The summed E-state index contributed by atoms with van der Waals surface area (Å²) in [6.07, 6.45) is 4.71. The van der Waals surface area contributed by atoms with Gasteiger partial charge in [0.1, 0.15) is 0 Å². The maximum Gasteiger partial charge on any atom is 0.182 e. The van der Waals surface area contributed by atoms with E-state index in [2.05, 4.69) is 22.4 Å². The molecular formula is C13H18ClN5. The van der Waals surface area contributed by atoms with Gasteiger partial charge in [0.05, 0.1) is 0 Å². The molecule has 5 nitrogen and oxygen atoms in total. The van der Waals surface area contributed by atoms with Crippen molar-refractivity contribution in [2.75, 3.05) is 5.73 Å². The van der Waals surface area contributed by atoms with Crippen molar-refractivity contribution in [3.8, 4) is 11.4 Å². The normalized spacial score (nSPS) is 10.8. The summed E-state index contributed by atoms with van der Waals surface area (Å²) < 4.78 is 1.81. The van der Waals surface area contributed by atoms with Crippen molar-refractivity contribution < 1.29 is 0 Å². The van der Waals surface area contributed by atoms with E-state index < -0.39 is 0 Å². The number of halogens is 1. The van der Waals surface area contributed by atoms with E-state index in [9.17, 15) is 0 Å². The standard InChI is InChI=1S/C13H18ClN5/c1-2-3-4-5-6-19-13(16-17-18-19)10-7-11(14)9-12(15)8-10/h7-9H,2-6,15H2,1H3. The van der Waals surface area contributed by atoms with Crippen molar-refractivity contribution in [1.82, 2.24) is 20.2 Å². The van der Waals surface area contributed by atoms with Gasteiger partial charge in [-0.1, -0.05) is 37.8 Å².